The molecule has 0 fully saturated rings. The zero-order valence-electron chi connectivity index (χ0n) is 21.8. The summed E-state index contributed by atoms with van der Waals surface area (Å²) >= 11 is 0. The van der Waals surface area contributed by atoms with Crippen LogP contribution in [-0.4, -0.2) is 110 Å². The summed E-state index contributed by atoms with van der Waals surface area (Å²) < 4.78 is 0. The van der Waals surface area contributed by atoms with Gasteiger partial charge in [-0.15, -0.1) is 0 Å². The first-order valence-corrected chi connectivity index (χ1v) is 11.9. The molecule has 0 aliphatic carbocycles. The maximum Gasteiger partial charge on any atom is 0.326 e. The molecule has 226 valence electrons. The number of amides is 4. The lowest BCUT2D eigenvalue weighted by Gasteiger charge is -2.26. The SMILES string of the molecule is CC(C)C[C@H](NC(=O)[C@@H](N)CC(=O)O)C(=O)N[C@@H](CCC(=O)O)C(=O)N[C@@H](CO)C(=O)N[C@@H](CC(=O)O)C(=O)O. The highest BCUT2D eigenvalue weighted by Crippen LogP contribution is 2.08. The van der Waals surface area contributed by atoms with Crippen LogP contribution in [0.4, 0.5) is 0 Å². The van der Waals surface area contributed by atoms with Crippen molar-refractivity contribution < 1.29 is 63.9 Å². The van der Waals surface area contributed by atoms with E-state index in [-0.39, 0.29) is 12.3 Å². The van der Waals surface area contributed by atoms with E-state index >= 15 is 0 Å². The van der Waals surface area contributed by atoms with Gasteiger partial charge < -0.3 is 52.5 Å². The number of nitrogens with one attached hydrogen (secondary N) is 4. The molecule has 4 amide bonds. The Hall–Kier alpha value is -4.32. The lowest BCUT2D eigenvalue weighted by atomic mass is 10.0. The van der Waals surface area contributed by atoms with Crippen LogP contribution in [0.3, 0.4) is 0 Å². The van der Waals surface area contributed by atoms with Gasteiger partial charge in [0.1, 0.15) is 24.2 Å². The molecule has 0 spiro atoms. The molecule has 0 aliphatic heterocycles. The molecule has 5 atom stereocenters. The van der Waals surface area contributed by atoms with Crippen LogP contribution in [0.1, 0.15) is 46.0 Å². The van der Waals surface area contributed by atoms with E-state index in [1.54, 1.807) is 13.8 Å². The van der Waals surface area contributed by atoms with Crippen molar-refractivity contribution in [3.8, 4) is 0 Å². The summed E-state index contributed by atoms with van der Waals surface area (Å²) in [7, 11) is 0. The second kappa shape index (κ2) is 17.3. The average Bonchev–Trinajstić information content (AvgIpc) is 2.82. The maximum atomic E-state index is 13.0. The van der Waals surface area contributed by atoms with Gasteiger partial charge in [0.05, 0.1) is 25.5 Å². The van der Waals surface area contributed by atoms with Crippen LogP contribution in [0.25, 0.3) is 0 Å². The first-order chi connectivity index (χ1) is 18.5. The smallest absolute Gasteiger partial charge is 0.326 e. The standard InChI is InChI=1S/C22H35N5O13/c1-9(2)5-12(25-18(35)10(23)6-16(31)32)20(37)24-11(3-4-15(29)30)19(36)27-14(8-28)21(38)26-13(22(39)40)7-17(33)34/h9-14,28H,3-8,23H2,1-2H3,(H,24,37)(H,25,35)(H,26,38)(H,27,36)(H,29,30)(H,31,32)(H,33,34)(H,39,40)/t10-,11-,12-,13-,14-/m0/s1. The van der Waals surface area contributed by atoms with Gasteiger partial charge in [-0.2, -0.15) is 0 Å². The molecule has 0 aromatic heterocycles. The second-order valence-electron chi connectivity index (χ2n) is 9.13. The Labute approximate surface area is 227 Å². The summed E-state index contributed by atoms with van der Waals surface area (Å²) in [4.78, 5) is 94.4. The number of aliphatic hydroxyl groups is 1. The fraction of sp³-hybridized carbons (Fsp3) is 0.636. The molecule has 18 heteroatoms. The van der Waals surface area contributed by atoms with Crippen LogP contribution in [-0.2, 0) is 38.4 Å². The van der Waals surface area contributed by atoms with E-state index in [2.05, 4.69) is 10.6 Å². The molecule has 0 aliphatic rings. The van der Waals surface area contributed by atoms with Gasteiger partial charge in [-0.25, -0.2) is 4.79 Å². The van der Waals surface area contributed by atoms with Crippen molar-refractivity contribution in [1.29, 1.82) is 0 Å². The Bertz CT molecular complexity index is 971. The van der Waals surface area contributed by atoms with Gasteiger partial charge in [0.2, 0.25) is 23.6 Å². The van der Waals surface area contributed by atoms with Crippen LogP contribution in [0.2, 0.25) is 0 Å². The van der Waals surface area contributed by atoms with E-state index in [1.165, 1.54) is 0 Å². The third kappa shape index (κ3) is 14.0. The monoisotopic (exact) mass is 577 g/mol. The summed E-state index contributed by atoms with van der Waals surface area (Å²) in [5, 5.41) is 53.7. The van der Waals surface area contributed by atoms with Gasteiger partial charge in [-0.1, -0.05) is 13.8 Å². The zero-order valence-corrected chi connectivity index (χ0v) is 21.8. The Kier molecular flexibility index (Phi) is 15.4. The van der Waals surface area contributed by atoms with Crippen molar-refractivity contribution in [2.75, 3.05) is 6.61 Å². The fourth-order valence-corrected chi connectivity index (χ4v) is 3.18. The van der Waals surface area contributed by atoms with Crippen molar-refractivity contribution >= 4 is 47.5 Å². The molecule has 0 radical (unpaired) electrons. The molecular weight excluding hydrogens is 542 g/mol. The minimum Gasteiger partial charge on any atom is -0.481 e. The number of nitrogens with two attached hydrogens (primary N) is 1. The Morgan fingerprint density at radius 1 is 0.625 bits per heavy atom. The van der Waals surface area contributed by atoms with Crippen LogP contribution in [0, 0.1) is 5.92 Å². The third-order valence-electron chi connectivity index (χ3n) is 5.16. The fourth-order valence-electron chi connectivity index (χ4n) is 3.18. The molecule has 0 aromatic rings. The third-order valence-corrected chi connectivity index (χ3v) is 5.16. The van der Waals surface area contributed by atoms with Crippen LogP contribution < -0.4 is 27.0 Å². The highest BCUT2D eigenvalue weighted by molar-refractivity contribution is 5.96. The van der Waals surface area contributed by atoms with Crippen LogP contribution in [0.15, 0.2) is 0 Å². The predicted octanol–water partition coefficient (Wildman–Crippen LogP) is -3.81. The molecule has 0 unspecified atom stereocenters. The quantitative estimate of drug-likeness (QED) is 0.0704. The van der Waals surface area contributed by atoms with Crippen molar-refractivity contribution in [2.45, 2.75) is 76.2 Å². The first-order valence-electron chi connectivity index (χ1n) is 11.9. The molecule has 0 rings (SSSR count). The molecular formula is C22H35N5O13. The van der Waals surface area contributed by atoms with Crippen molar-refractivity contribution in [3.63, 3.8) is 0 Å². The summed E-state index contributed by atoms with van der Waals surface area (Å²) in [6, 6.07) is -8.15. The molecule has 11 N–H and O–H groups in total. The topological polar surface area (TPSA) is 312 Å². The highest BCUT2D eigenvalue weighted by Gasteiger charge is 2.32. The maximum absolute atomic E-state index is 13.0. The van der Waals surface area contributed by atoms with E-state index in [9.17, 15) is 43.5 Å². The number of carbonyl (C=O) groups is 8. The lowest BCUT2D eigenvalue weighted by molar-refractivity contribution is -0.147. The van der Waals surface area contributed by atoms with Gasteiger partial charge in [-0.05, 0) is 18.8 Å². The molecule has 0 heterocycles. The van der Waals surface area contributed by atoms with E-state index in [1.807, 2.05) is 10.6 Å². The number of rotatable bonds is 19. The minimum atomic E-state index is -1.90. The number of hydrogen-bond donors (Lipinski definition) is 10. The van der Waals surface area contributed by atoms with Crippen molar-refractivity contribution in [1.82, 2.24) is 21.3 Å². The second-order valence-corrected chi connectivity index (χ2v) is 9.13. The van der Waals surface area contributed by atoms with Crippen molar-refractivity contribution in [2.24, 2.45) is 11.7 Å². The predicted molar refractivity (Wildman–Crippen MR) is 131 cm³/mol. The summed E-state index contributed by atoms with van der Waals surface area (Å²) in [5.41, 5.74) is 5.52. The number of carboxylic acids is 4. The Balaban J connectivity index is 5.75. The van der Waals surface area contributed by atoms with Gasteiger partial charge in [0.15, 0.2) is 0 Å². The molecule has 0 bridgehead atoms. The zero-order chi connectivity index (χ0) is 31.2. The minimum absolute atomic E-state index is 0.00641. The van der Waals surface area contributed by atoms with E-state index < -0.39 is 110 Å². The van der Waals surface area contributed by atoms with Gasteiger partial charge >= 0.3 is 23.9 Å². The van der Waals surface area contributed by atoms with Crippen molar-refractivity contribution in [3.05, 3.63) is 0 Å². The molecule has 0 aromatic carbocycles. The summed E-state index contributed by atoms with van der Waals surface area (Å²) in [5.74, 6) is -10.5. The number of hydrogen-bond acceptors (Lipinski definition) is 10. The van der Waals surface area contributed by atoms with E-state index in [0.29, 0.717) is 0 Å². The highest BCUT2D eigenvalue weighted by atomic mass is 16.4. The van der Waals surface area contributed by atoms with Gasteiger partial charge in [0, 0.05) is 6.42 Å². The molecule has 18 nitrogen and oxygen atoms in total. The number of carboxylic acid groups (broad SMARTS) is 4. The first kappa shape index (κ1) is 35.7. The normalized spacial score (nSPS) is 14.5. The van der Waals surface area contributed by atoms with Crippen LogP contribution in [0.5, 0.6) is 0 Å². The lowest BCUT2D eigenvalue weighted by Crippen LogP contribution is -2.59. The Morgan fingerprint density at radius 2 is 1.07 bits per heavy atom. The largest absolute Gasteiger partial charge is 0.481 e. The number of carbonyl (C=O) groups excluding carboxylic acids is 4. The van der Waals surface area contributed by atoms with Gasteiger partial charge in [-0.3, -0.25) is 33.6 Å². The number of aliphatic carboxylic acids is 4. The summed E-state index contributed by atoms with van der Waals surface area (Å²) in [6.07, 6.45) is -2.88. The molecule has 0 saturated heterocycles. The average molecular weight is 578 g/mol. The summed E-state index contributed by atoms with van der Waals surface area (Å²) in [6.45, 7) is 2.30. The molecule has 40 heavy (non-hydrogen) atoms. The number of aliphatic hydroxyl groups excluding tert-OH is 1. The Morgan fingerprint density at radius 3 is 1.52 bits per heavy atom. The van der Waals surface area contributed by atoms with E-state index in [0.717, 1.165) is 0 Å². The van der Waals surface area contributed by atoms with Gasteiger partial charge in [0.25, 0.3) is 0 Å². The van der Waals surface area contributed by atoms with Crippen LogP contribution >= 0.6 is 0 Å². The molecule has 0 saturated carbocycles. The van der Waals surface area contributed by atoms with E-state index in [4.69, 9.17) is 26.2 Å².